The monoisotopic (exact) mass is 266 g/mol. The Kier molecular flexibility index (Phi) is 4.80. The summed E-state index contributed by atoms with van der Waals surface area (Å²) in [6, 6.07) is 2.28. The fraction of sp³-hybridized carbons (Fsp3) is 0.533. The number of rotatable bonds is 2. The van der Waals surface area contributed by atoms with E-state index in [9.17, 15) is 0 Å². The third kappa shape index (κ3) is 2.54. The molecule has 1 atom stereocenters. The first kappa shape index (κ1) is 15.0. The summed E-state index contributed by atoms with van der Waals surface area (Å²) in [5.41, 5.74) is 7.05. The summed E-state index contributed by atoms with van der Waals surface area (Å²) >= 11 is 0. The Balaban J connectivity index is 0.00000162. The first-order chi connectivity index (χ1) is 8.02. The van der Waals surface area contributed by atoms with Gasteiger partial charge in [0.1, 0.15) is 5.84 Å². The fourth-order valence-electron chi connectivity index (χ4n) is 2.74. The molecule has 0 bridgehead atoms. The molecule has 0 radical (unpaired) electrons. The molecule has 2 nitrogen and oxygen atoms in total. The molecule has 1 aliphatic rings. The molecule has 100 valence electrons. The van der Waals surface area contributed by atoms with Gasteiger partial charge < -0.3 is 5.32 Å². The van der Waals surface area contributed by atoms with E-state index < -0.39 is 0 Å². The predicted molar refractivity (Wildman–Crippen MR) is 81.4 cm³/mol. The zero-order chi connectivity index (χ0) is 12.6. The van der Waals surface area contributed by atoms with Gasteiger partial charge in [0.05, 0.1) is 6.54 Å². The summed E-state index contributed by atoms with van der Waals surface area (Å²) in [6.45, 7) is 13.0. The van der Waals surface area contributed by atoms with Crippen molar-refractivity contribution >= 4 is 18.2 Å². The second-order valence-electron chi connectivity index (χ2n) is 5.09. The van der Waals surface area contributed by atoms with Crippen LogP contribution in [0.4, 0.5) is 0 Å². The van der Waals surface area contributed by atoms with Crippen LogP contribution in [0.5, 0.6) is 0 Å². The van der Waals surface area contributed by atoms with E-state index in [4.69, 9.17) is 0 Å². The van der Waals surface area contributed by atoms with E-state index in [0.29, 0.717) is 5.92 Å². The van der Waals surface area contributed by atoms with Crippen LogP contribution in [0.3, 0.4) is 0 Å². The van der Waals surface area contributed by atoms with Crippen molar-refractivity contribution in [1.82, 2.24) is 5.32 Å². The van der Waals surface area contributed by atoms with Crippen molar-refractivity contribution in [2.75, 3.05) is 13.1 Å². The van der Waals surface area contributed by atoms with Crippen LogP contribution in [0, 0.1) is 27.7 Å². The van der Waals surface area contributed by atoms with Crippen molar-refractivity contribution in [2.24, 2.45) is 4.99 Å². The average molecular weight is 267 g/mol. The molecule has 2 rings (SSSR count). The lowest BCUT2D eigenvalue weighted by atomic mass is 9.86. The average Bonchev–Trinajstić information content (AvgIpc) is 2.80. The molecule has 1 aromatic carbocycles. The van der Waals surface area contributed by atoms with Gasteiger partial charge in [-0.15, -0.1) is 12.4 Å². The van der Waals surface area contributed by atoms with Crippen LogP contribution in [0.2, 0.25) is 0 Å². The molecule has 1 N–H and O–H groups in total. The van der Waals surface area contributed by atoms with Crippen LogP contribution < -0.4 is 5.32 Å². The summed E-state index contributed by atoms with van der Waals surface area (Å²) in [7, 11) is 0. The van der Waals surface area contributed by atoms with Crippen molar-refractivity contribution in [3.63, 3.8) is 0 Å². The molecule has 3 heteroatoms. The summed E-state index contributed by atoms with van der Waals surface area (Å²) in [5, 5.41) is 3.40. The van der Waals surface area contributed by atoms with E-state index >= 15 is 0 Å². The number of aryl methyl sites for hydroxylation is 2. The molecule has 0 spiro atoms. The molecule has 18 heavy (non-hydrogen) atoms. The number of hydrogen-bond acceptors (Lipinski definition) is 2. The van der Waals surface area contributed by atoms with Crippen molar-refractivity contribution in [1.29, 1.82) is 0 Å². The number of halogens is 1. The quantitative estimate of drug-likeness (QED) is 0.871. The van der Waals surface area contributed by atoms with Crippen molar-refractivity contribution in [3.8, 4) is 0 Å². The van der Waals surface area contributed by atoms with Crippen LogP contribution in [-0.2, 0) is 0 Å². The molecule has 0 saturated carbocycles. The van der Waals surface area contributed by atoms with Crippen LogP contribution in [0.25, 0.3) is 0 Å². The minimum absolute atomic E-state index is 0. The zero-order valence-corrected chi connectivity index (χ0v) is 12.7. The Morgan fingerprint density at radius 1 is 1.11 bits per heavy atom. The van der Waals surface area contributed by atoms with Crippen molar-refractivity contribution in [2.45, 2.75) is 40.5 Å². The Morgan fingerprint density at radius 3 is 2.11 bits per heavy atom. The number of benzene rings is 1. The van der Waals surface area contributed by atoms with Crippen LogP contribution in [0.1, 0.15) is 40.7 Å². The third-order valence-corrected chi connectivity index (χ3v) is 3.97. The highest BCUT2D eigenvalue weighted by molar-refractivity contribution is 5.90. The Hall–Kier alpha value is -1.02. The largest absolute Gasteiger partial charge is 0.371 e. The Bertz CT molecular complexity index is 452. The van der Waals surface area contributed by atoms with Crippen molar-refractivity contribution < 1.29 is 0 Å². The van der Waals surface area contributed by atoms with Gasteiger partial charge in [-0.2, -0.15) is 0 Å². The maximum absolute atomic E-state index is 4.56. The summed E-state index contributed by atoms with van der Waals surface area (Å²) in [6.07, 6.45) is 0. The minimum Gasteiger partial charge on any atom is -0.371 e. The molecular formula is C15H23ClN2. The lowest BCUT2D eigenvalue weighted by molar-refractivity contribution is 0.903. The van der Waals surface area contributed by atoms with E-state index in [0.717, 1.165) is 18.9 Å². The van der Waals surface area contributed by atoms with Gasteiger partial charge in [-0.25, -0.2) is 0 Å². The predicted octanol–water partition coefficient (Wildman–Crippen LogP) is 3.45. The van der Waals surface area contributed by atoms with E-state index in [1.54, 1.807) is 0 Å². The van der Waals surface area contributed by atoms with Crippen LogP contribution in [-0.4, -0.2) is 18.9 Å². The number of nitrogens with zero attached hydrogens (tertiary/aromatic N) is 1. The highest BCUT2D eigenvalue weighted by atomic mass is 35.5. The van der Waals surface area contributed by atoms with Gasteiger partial charge in [0.25, 0.3) is 0 Å². The van der Waals surface area contributed by atoms with Gasteiger partial charge in [-0.1, -0.05) is 13.0 Å². The molecule has 0 amide bonds. The molecule has 0 aromatic heterocycles. The topological polar surface area (TPSA) is 24.4 Å². The second-order valence-corrected chi connectivity index (χ2v) is 5.09. The van der Waals surface area contributed by atoms with Gasteiger partial charge in [0, 0.05) is 12.5 Å². The standard InChI is InChI=1S/C15H22N2.ClH/c1-9-8-10(2)12(4)14(11(9)3)13(5)15-16-6-7-17-15;/h8,13H,6-7H2,1-5H3,(H,16,17);1H. The van der Waals surface area contributed by atoms with Gasteiger partial charge >= 0.3 is 0 Å². The SMILES string of the molecule is Cc1cc(C)c(C)c(C(C)C2=NCCN2)c1C.Cl. The van der Waals surface area contributed by atoms with Gasteiger partial charge in [-0.3, -0.25) is 4.99 Å². The van der Waals surface area contributed by atoms with E-state index in [2.05, 4.69) is 51.0 Å². The number of nitrogens with one attached hydrogen (secondary N) is 1. The zero-order valence-electron chi connectivity index (χ0n) is 11.9. The maximum Gasteiger partial charge on any atom is 0.104 e. The van der Waals surface area contributed by atoms with Crippen LogP contribution >= 0.6 is 12.4 Å². The number of hydrogen-bond donors (Lipinski definition) is 1. The highest BCUT2D eigenvalue weighted by Gasteiger charge is 2.20. The molecule has 0 fully saturated rings. The molecule has 1 aromatic rings. The Labute approximate surface area is 116 Å². The van der Waals surface area contributed by atoms with E-state index in [1.807, 2.05) is 0 Å². The minimum atomic E-state index is 0. The highest BCUT2D eigenvalue weighted by Crippen LogP contribution is 2.29. The maximum atomic E-state index is 4.56. The molecular weight excluding hydrogens is 244 g/mol. The number of aliphatic imine (C=N–C) groups is 1. The second kappa shape index (κ2) is 5.75. The summed E-state index contributed by atoms with van der Waals surface area (Å²) in [5.74, 6) is 1.54. The van der Waals surface area contributed by atoms with Gasteiger partial charge in [0.2, 0.25) is 0 Å². The Morgan fingerprint density at radius 2 is 1.67 bits per heavy atom. The molecule has 1 unspecified atom stereocenters. The van der Waals surface area contributed by atoms with Crippen LogP contribution in [0.15, 0.2) is 11.1 Å². The normalized spacial score (nSPS) is 15.7. The molecule has 1 heterocycles. The first-order valence-electron chi connectivity index (χ1n) is 6.38. The summed E-state index contributed by atoms with van der Waals surface area (Å²) in [4.78, 5) is 4.56. The lowest BCUT2D eigenvalue weighted by Crippen LogP contribution is -2.25. The fourth-order valence-corrected chi connectivity index (χ4v) is 2.74. The van der Waals surface area contributed by atoms with Gasteiger partial charge in [-0.05, 0) is 55.5 Å². The van der Waals surface area contributed by atoms with Gasteiger partial charge in [0.15, 0.2) is 0 Å². The van der Waals surface area contributed by atoms with Crippen molar-refractivity contribution in [3.05, 3.63) is 33.9 Å². The lowest BCUT2D eigenvalue weighted by Gasteiger charge is -2.21. The summed E-state index contributed by atoms with van der Waals surface area (Å²) < 4.78 is 0. The molecule has 1 aliphatic heterocycles. The number of amidine groups is 1. The smallest absolute Gasteiger partial charge is 0.104 e. The van der Waals surface area contributed by atoms with E-state index in [1.165, 1.54) is 27.8 Å². The molecule has 0 aliphatic carbocycles. The molecule has 0 saturated heterocycles. The first-order valence-corrected chi connectivity index (χ1v) is 6.38. The third-order valence-electron chi connectivity index (χ3n) is 3.97. The van der Waals surface area contributed by atoms with E-state index in [-0.39, 0.29) is 12.4 Å².